The van der Waals surface area contributed by atoms with Gasteiger partial charge in [0.2, 0.25) is 0 Å². The lowest BCUT2D eigenvalue weighted by molar-refractivity contribution is 0.104. The van der Waals surface area contributed by atoms with Gasteiger partial charge in [-0.15, -0.1) is 0 Å². The van der Waals surface area contributed by atoms with Gasteiger partial charge in [-0.3, -0.25) is 4.79 Å². The van der Waals surface area contributed by atoms with Crippen LogP contribution in [0.5, 0.6) is 17.2 Å². The Morgan fingerprint density at radius 2 is 1.93 bits per heavy atom. The Balaban J connectivity index is 1.63. The molecule has 0 saturated carbocycles. The van der Waals surface area contributed by atoms with Crippen LogP contribution in [0.15, 0.2) is 59.0 Å². The van der Waals surface area contributed by atoms with Gasteiger partial charge >= 0.3 is 0 Å². The average Bonchev–Trinajstić information content (AvgIpc) is 3.13. The summed E-state index contributed by atoms with van der Waals surface area (Å²) in [4.78, 5) is 12.2. The van der Waals surface area contributed by atoms with Crippen LogP contribution >= 0.6 is 0 Å². The monoisotopic (exact) mass is 386 g/mol. The van der Waals surface area contributed by atoms with E-state index in [0.29, 0.717) is 17.1 Å². The second kappa shape index (κ2) is 8.39. The van der Waals surface area contributed by atoms with Gasteiger partial charge in [0.05, 0.1) is 7.11 Å². The molecule has 0 aliphatic rings. The van der Waals surface area contributed by atoms with Crippen LogP contribution in [0, 0.1) is 11.6 Å². The van der Waals surface area contributed by atoms with Gasteiger partial charge in [-0.2, -0.15) is 0 Å². The van der Waals surface area contributed by atoms with Crippen molar-refractivity contribution in [3.05, 3.63) is 83.3 Å². The average molecular weight is 386 g/mol. The molecule has 1 aromatic heterocycles. The van der Waals surface area contributed by atoms with Gasteiger partial charge in [-0.25, -0.2) is 8.78 Å². The molecule has 0 bridgehead atoms. The Morgan fingerprint density at radius 1 is 1.11 bits per heavy atom. The third-order valence-corrected chi connectivity index (χ3v) is 3.81. The molecule has 1 heterocycles. The van der Waals surface area contributed by atoms with E-state index in [9.17, 15) is 18.7 Å². The summed E-state index contributed by atoms with van der Waals surface area (Å²) in [5, 5.41) is 9.57. The van der Waals surface area contributed by atoms with Crippen molar-refractivity contribution in [3.8, 4) is 17.2 Å². The lowest BCUT2D eigenvalue weighted by Gasteiger charge is -2.05. The molecule has 3 rings (SSSR count). The molecule has 28 heavy (non-hydrogen) atoms. The van der Waals surface area contributed by atoms with Gasteiger partial charge < -0.3 is 19.0 Å². The maximum absolute atomic E-state index is 13.5. The quantitative estimate of drug-likeness (QED) is 0.469. The van der Waals surface area contributed by atoms with Gasteiger partial charge in [0.25, 0.3) is 0 Å². The van der Waals surface area contributed by atoms with Crippen LogP contribution in [-0.2, 0) is 6.61 Å². The van der Waals surface area contributed by atoms with Gasteiger partial charge in [0, 0.05) is 11.6 Å². The van der Waals surface area contributed by atoms with E-state index in [1.54, 1.807) is 12.1 Å². The fourth-order valence-electron chi connectivity index (χ4n) is 2.39. The molecule has 0 radical (unpaired) electrons. The smallest absolute Gasteiger partial charge is 0.186 e. The third kappa shape index (κ3) is 4.56. The molecule has 0 fully saturated rings. The number of rotatable bonds is 7. The Kier molecular flexibility index (Phi) is 5.74. The highest BCUT2D eigenvalue weighted by Crippen LogP contribution is 2.26. The van der Waals surface area contributed by atoms with Crippen LogP contribution in [0.1, 0.15) is 21.9 Å². The number of ether oxygens (including phenoxy) is 2. The lowest BCUT2D eigenvalue weighted by atomic mass is 10.1. The number of methoxy groups -OCH3 is 1. The summed E-state index contributed by atoms with van der Waals surface area (Å²) in [6.45, 7) is -0.0561. The van der Waals surface area contributed by atoms with E-state index in [2.05, 4.69) is 0 Å². The molecule has 0 saturated heterocycles. The van der Waals surface area contributed by atoms with E-state index in [-0.39, 0.29) is 29.6 Å². The van der Waals surface area contributed by atoms with Gasteiger partial charge in [0.1, 0.15) is 23.9 Å². The van der Waals surface area contributed by atoms with Crippen LogP contribution in [0.2, 0.25) is 0 Å². The zero-order valence-corrected chi connectivity index (χ0v) is 14.8. The van der Waals surface area contributed by atoms with Crippen LogP contribution in [0.25, 0.3) is 6.08 Å². The Bertz CT molecular complexity index is 1020. The minimum absolute atomic E-state index is 0.0561. The zero-order valence-electron chi connectivity index (χ0n) is 14.8. The van der Waals surface area contributed by atoms with Crippen molar-refractivity contribution in [3.63, 3.8) is 0 Å². The molecule has 2 aromatic carbocycles. The highest BCUT2D eigenvalue weighted by Gasteiger charge is 2.09. The molecular weight excluding hydrogens is 370 g/mol. The summed E-state index contributed by atoms with van der Waals surface area (Å²) in [5.41, 5.74) is 0.341. The predicted molar refractivity (Wildman–Crippen MR) is 97.4 cm³/mol. The standard InChI is InChI=1S/C21H16F2O5/c1-26-21-10-13(2-7-19(21)25)18(24)8-6-15-4-5-16(28-15)12-27-20-9-3-14(22)11-17(20)23/h2-11,25H,12H2,1H3/b8-6+. The zero-order chi connectivity index (χ0) is 20.1. The van der Waals surface area contributed by atoms with E-state index in [1.165, 1.54) is 43.5 Å². The number of carbonyl (C=O) groups is 1. The number of ketones is 1. The molecule has 0 spiro atoms. The van der Waals surface area contributed by atoms with Crippen molar-refractivity contribution in [1.82, 2.24) is 0 Å². The van der Waals surface area contributed by atoms with Crippen LogP contribution in [0.3, 0.4) is 0 Å². The number of aromatic hydroxyl groups is 1. The van der Waals surface area contributed by atoms with Gasteiger partial charge in [0.15, 0.2) is 28.8 Å². The predicted octanol–water partition coefficient (Wildman–Crippen LogP) is 4.75. The molecule has 0 unspecified atom stereocenters. The van der Waals surface area contributed by atoms with Crippen molar-refractivity contribution in [2.45, 2.75) is 6.61 Å². The summed E-state index contributed by atoms with van der Waals surface area (Å²) in [6.07, 6.45) is 2.79. The molecular formula is C21H16F2O5. The number of carbonyl (C=O) groups excluding carboxylic acids is 1. The van der Waals surface area contributed by atoms with Crippen molar-refractivity contribution in [1.29, 1.82) is 0 Å². The molecule has 0 aliphatic carbocycles. The number of benzene rings is 2. The first-order chi connectivity index (χ1) is 13.5. The first kappa shape index (κ1) is 19.2. The summed E-state index contributed by atoms with van der Waals surface area (Å²) in [7, 11) is 1.39. The molecule has 0 aliphatic heterocycles. The minimum Gasteiger partial charge on any atom is -0.504 e. The molecule has 5 nitrogen and oxygen atoms in total. The topological polar surface area (TPSA) is 68.9 Å². The van der Waals surface area contributed by atoms with Crippen molar-refractivity contribution in [2.75, 3.05) is 7.11 Å². The number of hydrogen-bond donors (Lipinski definition) is 1. The highest BCUT2D eigenvalue weighted by atomic mass is 19.1. The van der Waals surface area contributed by atoms with Crippen LogP contribution in [-0.4, -0.2) is 18.0 Å². The van der Waals surface area contributed by atoms with Crippen molar-refractivity contribution >= 4 is 11.9 Å². The molecule has 7 heteroatoms. The number of halogens is 2. The van der Waals surface area contributed by atoms with Crippen molar-refractivity contribution < 1.29 is 32.6 Å². The summed E-state index contributed by atoms with van der Waals surface area (Å²) < 4.78 is 42.1. The number of phenols is 1. The Morgan fingerprint density at radius 3 is 2.68 bits per heavy atom. The second-order valence-corrected chi connectivity index (χ2v) is 5.75. The molecule has 144 valence electrons. The first-order valence-corrected chi connectivity index (χ1v) is 8.22. The maximum Gasteiger partial charge on any atom is 0.186 e. The Labute approximate surface area is 159 Å². The van der Waals surface area contributed by atoms with E-state index >= 15 is 0 Å². The summed E-state index contributed by atoms with van der Waals surface area (Å²) in [5.74, 6) is -0.944. The highest BCUT2D eigenvalue weighted by molar-refractivity contribution is 6.07. The maximum atomic E-state index is 13.5. The summed E-state index contributed by atoms with van der Waals surface area (Å²) >= 11 is 0. The SMILES string of the molecule is COc1cc(C(=O)/C=C/c2ccc(COc3ccc(F)cc3F)o2)ccc1O. The number of hydrogen-bond acceptors (Lipinski definition) is 5. The normalized spacial score (nSPS) is 11.0. The largest absolute Gasteiger partial charge is 0.504 e. The number of allylic oxidation sites excluding steroid dienone is 1. The number of phenolic OH excluding ortho intramolecular Hbond substituents is 1. The Hall–Kier alpha value is -3.61. The van der Waals surface area contributed by atoms with E-state index in [1.807, 2.05) is 0 Å². The van der Waals surface area contributed by atoms with Gasteiger partial charge in [-0.1, -0.05) is 0 Å². The molecule has 1 N–H and O–H groups in total. The fourth-order valence-corrected chi connectivity index (χ4v) is 2.39. The van der Waals surface area contributed by atoms with E-state index < -0.39 is 11.6 Å². The number of furan rings is 1. The van der Waals surface area contributed by atoms with Gasteiger partial charge in [-0.05, 0) is 54.6 Å². The van der Waals surface area contributed by atoms with E-state index in [4.69, 9.17) is 13.9 Å². The van der Waals surface area contributed by atoms with Crippen LogP contribution in [0.4, 0.5) is 8.78 Å². The lowest BCUT2D eigenvalue weighted by Crippen LogP contribution is -1.96. The van der Waals surface area contributed by atoms with Crippen molar-refractivity contribution in [2.24, 2.45) is 0 Å². The van der Waals surface area contributed by atoms with Crippen LogP contribution < -0.4 is 9.47 Å². The molecule has 0 atom stereocenters. The second-order valence-electron chi connectivity index (χ2n) is 5.75. The van der Waals surface area contributed by atoms with E-state index in [0.717, 1.165) is 12.1 Å². The molecule has 0 amide bonds. The molecule has 3 aromatic rings. The third-order valence-electron chi connectivity index (χ3n) is 3.81. The first-order valence-electron chi connectivity index (χ1n) is 8.22. The fraction of sp³-hybridized carbons (Fsp3) is 0.0952. The summed E-state index contributed by atoms with van der Waals surface area (Å²) in [6, 6.07) is 10.5. The minimum atomic E-state index is -0.804.